The standard InChI is InChI=1S/C15H20N2OS/c1-3-13-9(2)19-15(16-13)17-14(18)8-12(10-4-5-10)11-6-7-11/h8,10-11H,3-7H2,1-2H3,(H,16,17,18). The quantitative estimate of drug-likeness (QED) is 0.833. The first-order valence-electron chi connectivity index (χ1n) is 7.16. The molecule has 19 heavy (non-hydrogen) atoms. The van der Waals surface area contributed by atoms with E-state index in [1.165, 1.54) is 36.1 Å². The van der Waals surface area contributed by atoms with Crippen LogP contribution >= 0.6 is 11.3 Å². The maximum atomic E-state index is 12.1. The average Bonchev–Trinajstić information content (AvgIpc) is 3.25. The molecule has 2 fully saturated rings. The largest absolute Gasteiger partial charge is 0.298 e. The van der Waals surface area contributed by atoms with Crippen molar-refractivity contribution in [1.29, 1.82) is 0 Å². The van der Waals surface area contributed by atoms with Crippen LogP contribution in [0.25, 0.3) is 0 Å². The number of nitrogens with one attached hydrogen (secondary N) is 1. The van der Waals surface area contributed by atoms with Crippen LogP contribution < -0.4 is 5.32 Å². The van der Waals surface area contributed by atoms with Gasteiger partial charge < -0.3 is 0 Å². The molecule has 0 aliphatic heterocycles. The number of rotatable bonds is 5. The Bertz CT molecular complexity index is 510. The van der Waals surface area contributed by atoms with Crippen LogP contribution in [0.15, 0.2) is 11.6 Å². The molecule has 0 saturated heterocycles. The van der Waals surface area contributed by atoms with E-state index in [2.05, 4.69) is 24.1 Å². The third kappa shape index (κ3) is 3.06. The summed E-state index contributed by atoms with van der Waals surface area (Å²) in [7, 11) is 0. The zero-order chi connectivity index (χ0) is 13.4. The highest BCUT2D eigenvalue weighted by molar-refractivity contribution is 7.15. The van der Waals surface area contributed by atoms with Crippen LogP contribution in [0.4, 0.5) is 5.13 Å². The second-order valence-electron chi connectivity index (χ2n) is 5.56. The Morgan fingerprint density at radius 2 is 2.00 bits per heavy atom. The predicted octanol–water partition coefficient (Wildman–Crippen LogP) is 3.70. The first kappa shape index (κ1) is 12.9. The van der Waals surface area contributed by atoms with Gasteiger partial charge in [-0.15, -0.1) is 11.3 Å². The molecule has 0 aromatic carbocycles. The third-order valence-corrected chi connectivity index (χ3v) is 4.78. The zero-order valence-electron chi connectivity index (χ0n) is 11.5. The summed E-state index contributed by atoms with van der Waals surface area (Å²) in [6.45, 7) is 4.15. The second-order valence-corrected chi connectivity index (χ2v) is 6.76. The van der Waals surface area contributed by atoms with Gasteiger partial charge in [-0.2, -0.15) is 0 Å². The molecule has 1 heterocycles. The predicted molar refractivity (Wildman–Crippen MR) is 78.4 cm³/mol. The molecule has 3 rings (SSSR count). The van der Waals surface area contributed by atoms with Crippen molar-refractivity contribution in [1.82, 2.24) is 4.98 Å². The van der Waals surface area contributed by atoms with Gasteiger partial charge in [-0.05, 0) is 50.9 Å². The van der Waals surface area contributed by atoms with Crippen LogP contribution in [0, 0.1) is 18.8 Å². The maximum absolute atomic E-state index is 12.1. The number of amides is 1. The highest BCUT2D eigenvalue weighted by atomic mass is 32.1. The lowest BCUT2D eigenvalue weighted by Crippen LogP contribution is -2.10. The van der Waals surface area contributed by atoms with Crippen LogP contribution in [-0.4, -0.2) is 10.9 Å². The van der Waals surface area contributed by atoms with Crippen LogP contribution in [0.1, 0.15) is 43.2 Å². The van der Waals surface area contributed by atoms with Crippen LogP contribution in [0.2, 0.25) is 0 Å². The van der Waals surface area contributed by atoms with Gasteiger partial charge in [0.2, 0.25) is 5.91 Å². The summed E-state index contributed by atoms with van der Waals surface area (Å²) < 4.78 is 0. The van der Waals surface area contributed by atoms with Gasteiger partial charge in [-0.1, -0.05) is 12.5 Å². The third-order valence-electron chi connectivity index (χ3n) is 3.85. The van der Waals surface area contributed by atoms with E-state index in [4.69, 9.17) is 0 Å². The van der Waals surface area contributed by atoms with E-state index in [9.17, 15) is 4.79 Å². The minimum Gasteiger partial charge on any atom is -0.298 e. The fraction of sp³-hybridized carbons (Fsp3) is 0.600. The van der Waals surface area contributed by atoms with E-state index >= 15 is 0 Å². The number of aryl methyl sites for hydroxylation is 2. The van der Waals surface area contributed by atoms with Gasteiger partial charge >= 0.3 is 0 Å². The zero-order valence-corrected chi connectivity index (χ0v) is 12.3. The lowest BCUT2D eigenvalue weighted by molar-refractivity contribution is -0.112. The lowest BCUT2D eigenvalue weighted by atomic mass is 10.1. The number of carbonyl (C=O) groups is 1. The Labute approximate surface area is 118 Å². The molecule has 1 amide bonds. The van der Waals surface area contributed by atoms with Crippen molar-refractivity contribution >= 4 is 22.4 Å². The number of hydrogen-bond acceptors (Lipinski definition) is 3. The van der Waals surface area contributed by atoms with Crippen molar-refractivity contribution < 1.29 is 4.79 Å². The molecule has 4 heteroatoms. The number of hydrogen-bond donors (Lipinski definition) is 1. The van der Waals surface area contributed by atoms with Gasteiger partial charge in [0, 0.05) is 11.0 Å². The van der Waals surface area contributed by atoms with Crippen molar-refractivity contribution in [2.24, 2.45) is 11.8 Å². The molecule has 0 radical (unpaired) electrons. The molecular formula is C15H20N2OS. The number of carbonyl (C=O) groups excluding carboxylic acids is 1. The minimum atomic E-state index is 0.00482. The Kier molecular flexibility index (Phi) is 3.44. The van der Waals surface area contributed by atoms with Crippen molar-refractivity contribution in [3.05, 3.63) is 22.2 Å². The number of thiazole rings is 1. The number of aromatic nitrogens is 1. The summed E-state index contributed by atoms with van der Waals surface area (Å²) in [6, 6.07) is 0. The van der Waals surface area contributed by atoms with E-state index in [0.717, 1.165) is 17.2 Å². The van der Waals surface area contributed by atoms with Gasteiger partial charge in [0.05, 0.1) is 5.69 Å². The van der Waals surface area contributed by atoms with Gasteiger partial charge in [0.15, 0.2) is 5.13 Å². The number of anilines is 1. The average molecular weight is 276 g/mol. The monoisotopic (exact) mass is 276 g/mol. The van der Waals surface area contributed by atoms with E-state index in [1.807, 2.05) is 6.08 Å². The maximum Gasteiger partial charge on any atom is 0.250 e. The highest BCUT2D eigenvalue weighted by Crippen LogP contribution is 2.48. The number of allylic oxidation sites excluding steroid dienone is 1. The molecule has 2 aliphatic carbocycles. The Morgan fingerprint density at radius 3 is 2.47 bits per heavy atom. The normalized spacial score (nSPS) is 18.2. The van der Waals surface area contributed by atoms with Gasteiger partial charge in [-0.25, -0.2) is 4.98 Å². The molecule has 3 nitrogen and oxygen atoms in total. The first-order valence-corrected chi connectivity index (χ1v) is 7.97. The molecule has 1 aromatic heterocycles. The molecule has 0 spiro atoms. The topological polar surface area (TPSA) is 42.0 Å². The van der Waals surface area contributed by atoms with Crippen molar-refractivity contribution in [2.75, 3.05) is 5.32 Å². The van der Waals surface area contributed by atoms with Gasteiger partial charge in [0.25, 0.3) is 0 Å². The smallest absolute Gasteiger partial charge is 0.250 e. The minimum absolute atomic E-state index is 0.00482. The van der Waals surface area contributed by atoms with Crippen molar-refractivity contribution in [2.45, 2.75) is 46.0 Å². The summed E-state index contributed by atoms with van der Waals surface area (Å²) >= 11 is 1.57. The SMILES string of the molecule is CCc1nc(NC(=O)C=C(C2CC2)C2CC2)sc1C. The molecular weight excluding hydrogens is 256 g/mol. The molecule has 1 N–H and O–H groups in total. The van der Waals surface area contributed by atoms with E-state index < -0.39 is 0 Å². The Morgan fingerprint density at radius 1 is 1.37 bits per heavy atom. The van der Waals surface area contributed by atoms with E-state index in [0.29, 0.717) is 11.8 Å². The lowest BCUT2D eigenvalue weighted by Gasteiger charge is -2.03. The molecule has 102 valence electrons. The molecule has 2 aliphatic rings. The Balaban J connectivity index is 1.68. The molecule has 1 aromatic rings. The van der Waals surface area contributed by atoms with Gasteiger partial charge in [0.1, 0.15) is 0 Å². The fourth-order valence-corrected chi connectivity index (χ4v) is 3.41. The Hall–Kier alpha value is -1.16. The van der Waals surface area contributed by atoms with Crippen LogP contribution in [0.5, 0.6) is 0 Å². The summed E-state index contributed by atoms with van der Waals surface area (Å²) in [5, 5.41) is 3.66. The second kappa shape index (κ2) is 5.08. The highest BCUT2D eigenvalue weighted by Gasteiger charge is 2.36. The van der Waals surface area contributed by atoms with Crippen LogP contribution in [0.3, 0.4) is 0 Å². The summed E-state index contributed by atoms with van der Waals surface area (Å²) in [4.78, 5) is 17.7. The molecule has 2 saturated carbocycles. The summed E-state index contributed by atoms with van der Waals surface area (Å²) in [6.07, 6.45) is 7.84. The molecule has 0 bridgehead atoms. The van der Waals surface area contributed by atoms with Crippen molar-refractivity contribution in [3.63, 3.8) is 0 Å². The summed E-state index contributed by atoms with van der Waals surface area (Å²) in [5.74, 6) is 1.40. The number of nitrogens with zero attached hydrogens (tertiary/aromatic N) is 1. The van der Waals surface area contributed by atoms with E-state index in [1.54, 1.807) is 11.3 Å². The first-order chi connectivity index (χ1) is 9.17. The van der Waals surface area contributed by atoms with E-state index in [-0.39, 0.29) is 5.91 Å². The van der Waals surface area contributed by atoms with Crippen LogP contribution in [-0.2, 0) is 11.2 Å². The molecule has 0 unspecified atom stereocenters. The molecule has 0 atom stereocenters. The fourth-order valence-electron chi connectivity index (χ4n) is 2.50. The van der Waals surface area contributed by atoms with Crippen molar-refractivity contribution in [3.8, 4) is 0 Å². The summed E-state index contributed by atoms with van der Waals surface area (Å²) in [5.41, 5.74) is 2.48. The van der Waals surface area contributed by atoms with Gasteiger partial charge in [-0.3, -0.25) is 10.1 Å².